The number of fused-ring (bicyclic) bond motifs is 1. The third kappa shape index (κ3) is 3.02. The van der Waals surface area contributed by atoms with Crippen LogP contribution < -0.4 is 0 Å². The number of hydrogen-bond acceptors (Lipinski definition) is 3. The summed E-state index contributed by atoms with van der Waals surface area (Å²) in [6.45, 7) is 6.40. The van der Waals surface area contributed by atoms with Gasteiger partial charge in [0, 0.05) is 6.54 Å². The second kappa shape index (κ2) is 5.76. The number of rotatable bonds is 1. The summed E-state index contributed by atoms with van der Waals surface area (Å²) in [7, 11) is 0. The number of nitrogens with zero attached hydrogens (tertiary/aromatic N) is 1. The van der Waals surface area contributed by atoms with E-state index in [1.807, 2.05) is 31.7 Å². The summed E-state index contributed by atoms with van der Waals surface area (Å²) in [5, 5.41) is 4.17. The fourth-order valence-corrected chi connectivity index (χ4v) is 3.55. The molecule has 1 amide bonds. The molecule has 1 aliphatic heterocycles. The smallest absolute Gasteiger partial charge is 0.411 e. The van der Waals surface area contributed by atoms with Crippen molar-refractivity contribution >= 4 is 17.4 Å². The van der Waals surface area contributed by atoms with Crippen LogP contribution in [0.2, 0.25) is 0 Å². The van der Waals surface area contributed by atoms with Crippen LogP contribution in [0.25, 0.3) is 0 Å². The lowest BCUT2D eigenvalue weighted by molar-refractivity contribution is 0.0178. The highest BCUT2D eigenvalue weighted by molar-refractivity contribution is 7.08. The van der Waals surface area contributed by atoms with E-state index < -0.39 is 5.60 Å². The molecule has 2 heterocycles. The van der Waals surface area contributed by atoms with Crippen molar-refractivity contribution in [3.8, 4) is 0 Å². The van der Waals surface area contributed by atoms with Crippen LogP contribution in [-0.4, -0.2) is 23.1 Å². The van der Waals surface area contributed by atoms with Crippen molar-refractivity contribution in [2.45, 2.75) is 38.8 Å². The van der Waals surface area contributed by atoms with Gasteiger partial charge in [-0.1, -0.05) is 24.3 Å². The average Bonchev–Trinajstić information content (AvgIpc) is 2.98. The molecular formula is C18H21NO2S. The van der Waals surface area contributed by atoms with Gasteiger partial charge < -0.3 is 4.74 Å². The van der Waals surface area contributed by atoms with Crippen LogP contribution in [0.15, 0.2) is 41.1 Å². The first-order chi connectivity index (χ1) is 10.5. The van der Waals surface area contributed by atoms with Gasteiger partial charge in [-0.15, -0.1) is 0 Å². The molecule has 0 spiro atoms. The average molecular weight is 315 g/mol. The summed E-state index contributed by atoms with van der Waals surface area (Å²) >= 11 is 1.66. The topological polar surface area (TPSA) is 29.5 Å². The lowest BCUT2D eigenvalue weighted by Gasteiger charge is -2.38. The normalized spacial score (nSPS) is 18.0. The van der Waals surface area contributed by atoms with Crippen LogP contribution in [-0.2, 0) is 11.2 Å². The minimum Gasteiger partial charge on any atom is -0.444 e. The van der Waals surface area contributed by atoms with Crippen LogP contribution in [0.3, 0.4) is 0 Å². The minimum atomic E-state index is -0.479. The number of amides is 1. The van der Waals surface area contributed by atoms with E-state index in [2.05, 4.69) is 35.0 Å². The molecule has 116 valence electrons. The molecule has 3 rings (SSSR count). The molecule has 1 aromatic carbocycles. The Labute approximate surface area is 135 Å². The van der Waals surface area contributed by atoms with E-state index in [4.69, 9.17) is 4.74 Å². The summed E-state index contributed by atoms with van der Waals surface area (Å²) in [6, 6.07) is 10.4. The molecule has 22 heavy (non-hydrogen) atoms. The molecule has 0 N–H and O–H groups in total. The Morgan fingerprint density at radius 3 is 2.73 bits per heavy atom. The number of thiophene rings is 1. The molecule has 0 saturated heterocycles. The highest BCUT2D eigenvalue weighted by Crippen LogP contribution is 2.36. The Balaban J connectivity index is 1.98. The van der Waals surface area contributed by atoms with Gasteiger partial charge in [0.25, 0.3) is 0 Å². The van der Waals surface area contributed by atoms with Gasteiger partial charge in [0.05, 0.1) is 6.04 Å². The van der Waals surface area contributed by atoms with Crippen LogP contribution in [0.1, 0.15) is 43.5 Å². The van der Waals surface area contributed by atoms with Crippen LogP contribution in [0.4, 0.5) is 4.79 Å². The summed E-state index contributed by atoms with van der Waals surface area (Å²) in [5.41, 5.74) is 3.20. The second-order valence-electron chi connectivity index (χ2n) is 6.58. The Kier molecular flexibility index (Phi) is 3.96. The maximum absolute atomic E-state index is 12.6. The van der Waals surface area contributed by atoms with Crippen molar-refractivity contribution in [3.05, 3.63) is 57.8 Å². The van der Waals surface area contributed by atoms with Crippen molar-refractivity contribution in [2.75, 3.05) is 6.54 Å². The van der Waals surface area contributed by atoms with Crippen molar-refractivity contribution in [3.63, 3.8) is 0 Å². The third-order valence-electron chi connectivity index (χ3n) is 3.77. The molecular weight excluding hydrogens is 294 g/mol. The van der Waals surface area contributed by atoms with E-state index in [0.29, 0.717) is 6.54 Å². The number of carbonyl (C=O) groups excluding carboxylic acids is 1. The molecule has 4 heteroatoms. The number of benzene rings is 1. The van der Waals surface area contributed by atoms with E-state index in [9.17, 15) is 4.79 Å². The summed E-state index contributed by atoms with van der Waals surface area (Å²) in [5.74, 6) is 0. The van der Waals surface area contributed by atoms with Crippen LogP contribution >= 0.6 is 11.3 Å². The zero-order valence-electron chi connectivity index (χ0n) is 13.2. The first-order valence-electron chi connectivity index (χ1n) is 7.55. The molecule has 0 fully saturated rings. The Bertz CT molecular complexity index is 658. The molecule has 3 nitrogen and oxygen atoms in total. The van der Waals surface area contributed by atoms with Gasteiger partial charge in [0.1, 0.15) is 5.60 Å². The van der Waals surface area contributed by atoms with Gasteiger partial charge in [0.15, 0.2) is 0 Å². The molecule has 0 radical (unpaired) electrons. The van der Waals surface area contributed by atoms with E-state index in [0.717, 1.165) is 12.0 Å². The van der Waals surface area contributed by atoms with Crippen molar-refractivity contribution in [1.82, 2.24) is 4.90 Å². The first kappa shape index (κ1) is 15.1. The Morgan fingerprint density at radius 2 is 2.05 bits per heavy atom. The molecule has 0 saturated carbocycles. The first-order valence-corrected chi connectivity index (χ1v) is 8.49. The molecule has 2 aromatic rings. The SMILES string of the molecule is CC(C)(C)OC(=O)N1CCc2ccccc2C1c1ccsc1. The van der Waals surface area contributed by atoms with Crippen molar-refractivity contribution < 1.29 is 9.53 Å². The predicted octanol–water partition coefficient (Wildman–Crippen LogP) is 4.63. The van der Waals surface area contributed by atoms with Crippen LogP contribution in [0, 0.1) is 0 Å². The van der Waals surface area contributed by atoms with Gasteiger partial charge in [-0.05, 0) is 60.7 Å². The molecule has 1 atom stereocenters. The van der Waals surface area contributed by atoms with Crippen molar-refractivity contribution in [2.24, 2.45) is 0 Å². The summed E-state index contributed by atoms with van der Waals surface area (Å²) in [4.78, 5) is 14.5. The molecule has 0 aliphatic carbocycles. The van der Waals surface area contributed by atoms with Gasteiger partial charge in [0.2, 0.25) is 0 Å². The minimum absolute atomic E-state index is 0.0500. The van der Waals surface area contributed by atoms with E-state index in [1.165, 1.54) is 11.1 Å². The Hall–Kier alpha value is -1.81. The summed E-state index contributed by atoms with van der Waals surface area (Å²) < 4.78 is 5.61. The predicted molar refractivity (Wildman–Crippen MR) is 89.2 cm³/mol. The highest BCUT2D eigenvalue weighted by atomic mass is 32.1. The maximum Gasteiger partial charge on any atom is 0.411 e. The van der Waals surface area contributed by atoms with Gasteiger partial charge >= 0.3 is 6.09 Å². The second-order valence-corrected chi connectivity index (χ2v) is 7.36. The molecule has 1 aliphatic rings. The largest absolute Gasteiger partial charge is 0.444 e. The van der Waals surface area contributed by atoms with Gasteiger partial charge in [-0.25, -0.2) is 4.79 Å². The standard InChI is InChI=1S/C18H21NO2S/c1-18(2,3)21-17(20)19-10-8-13-6-4-5-7-15(13)16(19)14-9-11-22-12-14/h4-7,9,11-12,16H,8,10H2,1-3H3. The van der Waals surface area contributed by atoms with Crippen LogP contribution in [0.5, 0.6) is 0 Å². The number of ether oxygens (including phenoxy) is 1. The zero-order valence-corrected chi connectivity index (χ0v) is 14.0. The van der Waals surface area contributed by atoms with E-state index in [-0.39, 0.29) is 12.1 Å². The number of carbonyl (C=O) groups is 1. The molecule has 0 bridgehead atoms. The fraction of sp³-hybridized carbons (Fsp3) is 0.389. The third-order valence-corrected chi connectivity index (χ3v) is 4.47. The number of hydrogen-bond donors (Lipinski definition) is 0. The van der Waals surface area contributed by atoms with Gasteiger partial charge in [-0.3, -0.25) is 4.90 Å². The van der Waals surface area contributed by atoms with E-state index in [1.54, 1.807) is 11.3 Å². The van der Waals surface area contributed by atoms with Crippen molar-refractivity contribution in [1.29, 1.82) is 0 Å². The monoisotopic (exact) mass is 315 g/mol. The lowest BCUT2D eigenvalue weighted by atomic mass is 9.90. The Morgan fingerprint density at radius 1 is 1.27 bits per heavy atom. The highest BCUT2D eigenvalue weighted by Gasteiger charge is 2.34. The van der Waals surface area contributed by atoms with Gasteiger partial charge in [-0.2, -0.15) is 11.3 Å². The molecule has 1 aromatic heterocycles. The molecule has 1 unspecified atom stereocenters. The summed E-state index contributed by atoms with van der Waals surface area (Å²) in [6.07, 6.45) is 0.633. The fourth-order valence-electron chi connectivity index (χ4n) is 2.87. The quantitative estimate of drug-likeness (QED) is 0.768. The maximum atomic E-state index is 12.6. The zero-order chi connectivity index (χ0) is 15.7. The lowest BCUT2D eigenvalue weighted by Crippen LogP contribution is -2.43. The van der Waals surface area contributed by atoms with E-state index >= 15 is 0 Å².